The Morgan fingerprint density at radius 1 is 1.18 bits per heavy atom. The van der Waals surface area contributed by atoms with Crippen molar-refractivity contribution in [2.24, 2.45) is 0 Å². The van der Waals surface area contributed by atoms with Gasteiger partial charge in [0.1, 0.15) is 5.82 Å². The van der Waals surface area contributed by atoms with Crippen molar-refractivity contribution in [2.75, 3.05) is 17.2 Å². The van der Waals surface area contributed by atoms with Crippen molar-refractivity contribution in [3.8, 4) is 0 Å². The molecule has 2 aromatic carbocycles. The first kappa shape index (κ1) is 16.6. The number of benzene rings is 2. The molecular formula is C16H15Cl2FN2O. The van der Waals surface area contributed by atoms with E-state index >= 15 is 0 Å². The number of hydrogen-bond donors (Lipinski definition) is 2. The van der Waals surface area contributed by atoms with Crippen LogP contribution in [0, 0.1) is 12.7 Å². The number of carbonyl (C=O) groups is 1. The normalized spacial score (nSPS) is 10.4. The van der Waals surface area contributed by atoms with Crippen LogP contribution >= 0.6 is 23.2 Å². The maximum Gasteiger partial charge on any atom is 0.226 e. The van der Waals surface area contributed by atoms with E-state index in [0.717, 1.165) is 11.3 Å². The fourth-order valence-electron chi connectivity index (χ4n) is 1.91. The zero-order valence-electron chi connectivity index (χ0n) is 11.9. The van der Waals surface area contributed by atoms with Gasteiger partial charge in [-0.15, -0.1) is 0 Å². The van der Waals surface area contributed by atoms with Crippen molar-refractivity contribution in [1.29, 1.82) is 0 Å². The summed E-state index contributed by atoms with van der Waals surface area (Å²) in [5.74, 6) is -0.701. The maximum absolute atomic E-state index is 13.0. The van der Waals surface area contributed by atoms with E-state index in [9.17, 15) is 9.18 Å². The molecule has 0 radical (unpaired) electrons. The molecule has 2 aromatic rings. The Morgan fingerprint density at radius 3 is 2.68 bits per heavy atom. The Bertz CT molecular complexity index is 692. The van der Waals surface area contributed by atoms with Crippen molar-refractivity contribution in [1.82, 2.24) is 0 Å². The largest absolute Gasteiger partial charge is 0.384 e. The molecule has 0 aromatic heterocycles. The minimum atomic E-state index is -0.516. The number of halogens is 3. The molecule has 0 aliphatic heterocycles. The van der Waals surface area contributed by atoms with Crippen LogP contribution < -0.4 is 10.6 Å². The second kappa shape index (κ2) is 7.47. The summed E-state index contributed by atoms with van der Waals surface area (Å²) in [7, 11) is 0. The van der Waals surface area contributed by atoms with E-state index in [0.29, 0.717) is 17.3 Å². The lowest BCUT2D eigenvalue weighted by Crippen LogP contribution is -2.16. The predicted molar refractivity (Wildman–Crippen MR) is 89.3 cm³/mol. The Hall–Kier alpha value is -1.78. The summed E-state index contributed by atoms with van der Waals surface area (Å²) in [6.07, 6.45) is 0.265. The van der Waals surface area contributed by atoms with E-state index in [1.165, 1.54) is 18.2 Å². The molecule has 0 aliphatic carbocycles. The van der Waals surface area contributed by atoms with E-state index in [-0.39, 0.29) is 17.4 Å². The first-order valence-corrected chi connectivity index (χ1v) is 7.47. The summed E-state index contributed by atoms with van der Waals surface area (Å²) in [6.45, 7) is 2.37. The lowest BCUT2D eigenvalue weighted by molar-refractivity contribution is -0.115. The summed E-state index contributed by atoms with van der Waals surface area (Å²) in [4.78, 5) is 11.8. The third-order valence-electron chi connectivity index (χ3n) is 3.14. The zero-order chi connectivity index (χ0) is 16.1. The van der Waals surface area contributed by atoms with Gasteiger partial charge >= 0.3 is 0 Å². The average molecular weight is 341 g/mol. The van der Waals surface area contributed by atoms with Gasteiger partial charge in [0.05, 0.1) is 5.02 Å². The molecule has 2 rings (SSSR count). The van der Waals surface area contributed by atoms with Crippen molar-refractivity contribution >= 4 is 40.5 Å². The van der Waals surface area contributed by atoms with Crippen molar-refractivity contribution < 1.29 is 9.18 Å². The van der Waals surface area contributed by atoms with Crippen LogP contribution in [0.5, 0.6) is 0 Å². The molecule has 116 valence electrons. The molecule has 2 N–H and O–H groups in total. The number of carbonyl (C=O) groups excluding carboxylic acids is 1. The quantitative estimate of drug-likeness (QED) is 0.814. The second-order valence-corrected chi connectivity index (χ2v) is 5.58. The van der Waals surface area contributed by atoms with Crippen molar-refractivity contribution in [3.63, 3.8) is 0 Å². The molecule has 0 aliphatic rings. The number of amides is 1. The molecule has 0 saturated heterocycles. The first-order chi connectivity index (χ1) is 10.5. The molecule has 0 spiro atoms. The highest BCUT2D eigenvalue weighted by atomic mass is 35.5. The predicted octanol–water partition coefficient (Wildman–Crippen LogP) is 4.88. The molecule has 0 fully saturated rings. The van der Waals surface area contributed by atoms with Gasteiger partial charge in [0.2, 0.25) is 5.91 Å². The van der Waals surface area contributed by atoms with Crippen LogP contribution in [0.2, 0.25) is 10.0 Å². The third kappa shape index (κ3) is 4.36. The summed E-state index contributed by atoms with van der Waals surface area (Å²) in [5, 5.41) is 6.48. The lowest BCUT2D eigenvalue weighted by Gasteiger charge is -2.11. The second-order valence-electron chi connectivity index (χ2n) is 4.77. The van der Waals surface area contributed by atoms with Gasteiger partial charge in [-0.3, -0.25) is 4.79 Å². The third-order valence-corrected chi connectivity index (χ3v) is 3.84. The van der Waals surface area contributed by atoms with Crippen molar-refractivity contribution in [2.45, 2.75) is 13.3 Å². The molecule has 0 atom stereocenters. The van der Waals surface area contributed by atoms with Crippen LogP contribution in [0.1, 0.15) is 12.0 Å². The molecular weight excluding hydrogens is 326 g/mol. The molecule has 0 bridgehead atoms. The van der Waals surface area contributed by atoms with E-state index in [1.807, 2.05) is 25.1 Å². The van der Waals surface area contributed by atoms with Gasteiger partial charge < -0.3 is 10.6 Å². The van der Waals surface area contributed by atoms with Gasteiger partial charge in [-0.25, -0.2) is 4.39 Å². The Morgan fingerprint density at radius 2 is 1.95 bits per heavy atom. The molecule has 3 nitrogen and oxygen atoms in total. The molecule has 1 amide bonds. The van der Waals surface area contributed by atoms with Crippen LogP contribution in [0.4, 0.5) is 15.8 Å². The van der Waals surface area contributed by atoms with Gasteiger partial charge in [-0.1, -0.05) is 29.3 Å². The highest BCUT2D eigenvalue weighted by molar-refractivity contribution is 6.31. The molecule has 6 heteroatoms. The van der Waals surface area contributed by atoms with Crippen LogP contribution in [-0.4, -0.2) is 12.5 Å². The van der Waals surface area contributed by atoms with Crippen LogP contribution in [0.15, 0.2) is 36.4 Å². The summed E-state index contributed by atoms with van der Waals surface area (Å²) in [5.41, 5.74) is 2.30. The summed E-state index contributed by atoms with van der Waals surface area (Å²) in [6, 6.07) is 9.62. The van der Waals surface area contributed by atoms with Crippen molar-refractivity contribution in [3.05, 3.63) is 57.8 Å². The number of hydrogen-bond acceptors (Lipinski definition) is 2. The minimum absolute atomic E-state index is 0.0227. The Labute approximate surface area is 138 Å². The maximum atomic E-state index is 13.0. The number of nitrogens with one attached hydrogen (secondary N) is 2. The number of anilines is 2. The summed E-state index contributed by atoms with van der Waals surface area (Å²) < 4.78 is 13.0. The number of rotatable bonds is 5. The first-order valence-electron chi connectivity index (χ1n) is 6.71. The van der Waals surface area contributed by atoms with Crippen LogP contribution in [-0.2, 0) is 4.79 Å². The van der Waals surface area contributed by atoms with E-state index in [1.54, 1.807) is 0 Å². The topological polar surface area (TPSA) is 41.1 Å². The average Bonchev–Trinajstić information content (AvgIpc) is 2.47. The standard InChI is InChI=1S/C16H15Cl2FN2O/c1-10-12(17)3-2-4-15(10)20-8-7-16(22)21-11-5-6-14(19)13(18)9-11/h2-6,9,20H,7-8H2,1H3,(H,21,22). The van der Waals surface area contributed by atoms with E-state index in [2.05, 4.69) is 10.6 Å². The lowest BCUT2D eigenvalue weighted by atomic mass is 10.2. The highest BCUT2D eigenvalue weighted by Crippen LogP contribution is 2.23. The van der Waals surface area contributed by atoms with Gasteiger partial charge in [0, 0.05) is 29.4 Å². The fraction of sp³-hybridized carbons (Fsp3) is 0.188. The monoisotopic (exact) mass is 340 g/mol. The van der Waals surface area contributed by atoms with E-state index < -0.39 is 5.82 Å². The molecule has 22 heavy (non-hydrogen) atoms. The molecule has 0 saturated carbocycles. The van der Waals surface area contributed by atoms with Gasteiger partial charge in [0.15, 0.2) is 0 Å². The molecule has 0 unspecified atom stereocenters. The SMILES string of the molecule is Cc1c(Cl)cccc1NCCC(=O)Nc1ccc(F)c(Cl)c1. The van der Waals surface area contributed by atoms with Gasteiger partial charge in [-0.2, -0.15) is 0 Å². The van der Waals surface area contributed by atoms with E-state index in [4.69, 9.17) is 23.2 Å². The van der Waals surface area contributed by atoms with Gasteiger partial charge in [-0.05, 0) is 42.8 Å². The van der Waals surface area contributed by atoms with Crippen LogP contribution in [0.3, 0.4) is 0 Å². The Balaban J connectivity index is 1.85. The smallest absolute Gasteiger partial charge is 0.226 e. The highest BCUT2D eigenvalue weighted by Gasteiger charge is 2.06. The van der Waals surface area contributed by atoms with Gasteiger partial charge in [0.25, 0.3) is 0 Å². The molecule has 0 heterocycles. The van der Waals surface area contributed by atoms with Crippen LogP contribution in [0.25, 0.3) is 0 Å². The minimum Gasteiger partial charge on any atom is -0.384 e. The summed E-state index contributed by atoms with van der Waals surface area (Å²) >= 11 is 11.7. The fourth-order valence-corrected chi connectivity index (χ4v) is 2.26. The zero-order valence-corrected chi connectivity index (χ0v) is 13.4. The Kier molecular flexibility index (Phi) is 5.63.